The molecule has 1 saturated carbocycles. The van der Waals surface area contributed by atoms with Gasteiger partial charge in [-0.1, -0.05) is 55.0 Å². The number of carboxylic acid groups (broad SMARTS) is 1. The van der Waals surface area contributed by atoms with Gasteiger partial charge in [-0.15, -0.1) is 0 Å². The van der Waals surface area contributed by atoms with E-state index in [1.54, 1.807) is 0 Å². The third-order valence-corrected chi connectivity index (χ3v) is 6.89. The molecule has 1 fully saturated rings. The van der Waals surface area contributed by atoms with E-state index >= 15 is 0 Å². The van der Waals surface area contributed by atoms with Crippen molar-refractivity contribution in [3.63, 3.8) is 0 Å². The molecule has 7 heteroatoms. The minimum absolute atomic E-state index is 0.00956. The highest BCUT2D eigenvalue weighted by molar-refractivity contribution is 5.80. The number of hydrogen-bond acceptors (Lipinski definition) is 4. The molecule has 2 amide bonds. The van der Waals surface area contributed by atoms with E-state index in [9.17, 15) is 14.4 Å². The van der Waals surface area contributed by atoms with Crippen LogP contribution in [0.2, 0.25) is 0 Å². The van der Waals surface area contributed by atoms with Crippen molar-refractivity contribution in [1.29, 1.82) is 0 Å². The normalized spacial score (nSPS) is 20.0. The van der Waals surface area contributed by atoms with E-state index in [2.05, 4.69) is 34.9 Å². The van der Waals surface area contributed by atoms with Gasteiger partial charge in [0.25, 0.3) is 0 Å². The Kier molecular flexibility index (Phi) is 7.50. The number of carbonyl (C=O) groups is 3. The van der Waals surface area contributed by atoms with Crippen molar-refractivity contribution in [2.75, 3.05) is 6.61 Å². The van der Waals surface area contributed by atoms with Gasteiger partial charge in [0, 0.05) is 30.3 Å². The van der Waals surface area contributed by atoms with Gasteiger partial charge in [-0.3, -0.25) is 9.59 Å². The number of aliphatic carboxylic acids is 1. The second kappa shape index (κ2) is 10.7. The summed E-state index contributed by atoms with van der Waals surface area (Å²) >= 11 is 0. The lowest BCUT2D eigenvalue weighted by atomic mass is 9.85. The summed E-state index contributed by atoms with van der Waals surface area (Å²) in [5.41, 5.74) is 4.71. The summed E-state index contributed by atoms with van der Waals surface area (Å²) in [5, 5.41) is 14.7. The summed E-state index contributed by atoms with van der Waals surface area (Å²) in [7, 11) is 0. The van der Waals surface area contributed by atoms with Crippen molar-refractivity contribution in [2.45, 2.75) is 63.5 Å². The van der Waals surface area contributed by atoms with Crippen LogP contribution in [-0.2, 0) is 14.3 Å². The quantitative estimate of drug-likeness (QED) is 0.535. The summed E-state index contributed by atoms with van der Waals surface area (Å²) in [6.07, 6.45) is 2.94. The lowest BCUT2D eigenvalue weighted by Gasteiger charge is -2.29. The van der Waals surface area contributed by atoms with Gasteiger partial charge in [0.2, 0.25) is 5.91 Å². The molecule has 0 aromatic heterocycles. The fourth-order valence-electron chi connectivity index (χ4n) is 5.14. The van der Waals surface area contributed by atoms with Gasteiger partial charge in [0.1, 0.15) is 6.61 Å². The molecular formula is C27H32N2O5. The Morgan fingerprint density at radius 3 is 2.32 bits per heavy atom. The highest BCUT2D eigenvalue weighted by Gasteiger charge is 2.31. The Morgan fingerprint density at radius 1 is 1.03 bits per heavy atom. The average molecular weight is 465 g/mol. The fourth-order valence-corrected chi connectivity index (χ4v) is 5.14. The zero-order valence-electron chi connectivity index (χ0n) is 19.5. The summed E-state index contributed by atoms with van der Waals surface area (Å²) in [5.74, 6) is -1.13. The van der Waals surface area contributed by atoms with Gasteiger partial charge in [-0.25, -0.2) is 4.79 Å². The number of hydrogen-bond donors (Lipinski definition) is 3. The van der Waals surface area contributed by atoms with Crippen LogP contribution < -0.4 is 10.6 Å². The minimum Gasteiger partial charge on any atom is -0.481 e. The van der Waals surface area contributed by atoms with Crippen molar-refractivity contribution in [1.82, 2.24) is 10.6 Å². The molecular weight excluding hydrogens is 432 g/mol. The molecule has 2 aliphatic rings. The maximum absolute atomic E-state index is 12.6. The van der Waals surface area contributed by atoms with E-state index in [0.717, 1.165) is 19.3 Å². The third kappa shape index (κ3) is 5.58. The molecule has 2 aliphatic carbocycles. The van der Waals surface area contributed by atoms with E-state index in [0.29, 0.717) is 12.8 Å². The van der Waals surface area contributed by atoms with E-state index in [-0.39, 0.29) is 42.9 Å². The van der Waals surface area contributed by atoms with Crippen LogP contribution in [0.25, 0.3) is 11.1 Å². The van der Waals surface area contributed by atoms with Gasteiger partial charge < -0.3 is 20.5 Å². The van der Waals surface area contributed by atoms with Gasteiger partial charge in [0.05, 0.1) is 0 Å². The smallest absolute Gasteiger partial charge is 0.407 e. The van der Waals surface area contributed by atoms with Crippen LogP contribution in [0.1, 0.15) is 62.5 Å². The third-order valence-electron chi connectivity index (χ3n) is 6.89. The van der Waals surface area contributed by atoms with Gasteiger partial charge in [0.15, 0.2) is 0 Å². The first-order valence-electron chi connectivity index (χ1n) is 12.1. The molecule has 4 rings (SSSR count). The van der Waals surface area contributed by atoms with E-state index in [1.165, 1.54) is 22.3 Å². The zero-order valence-corrected chi connectivity index (χ0v) is 19.5. The molecule has 3 atom stereocenters. The van der Waals surface area contributed by atoms with Crippen LogP contribution in [0.15, 0.2) is 48.5 Å². The Bertz CT molecular complexity index is 1010. The van der Waals surface area contributed by atoms with Crippen LogP contribution >= 0.6 is 0 Å². The molecule has 0 radical (unpaired) electrons. The molecule has 1 unspecified atom stereocenters. The van der Waals surface area contributed by atoms with Crippen molar-refractivity contribution in [3.05, 3.63) is 59.7 Å². The summed E-state index contributed by atoms with van der Waals surface area (Å²) in [6, 6.07) is 16.1. The monoisotopic (exact) mass is 464 g/mol. The number of rotatable bonds is 8. The second-order valence-corrected chi connectivity index (χ2v) is 9.37. The van der Waals surface area contributed by atoms with Gasteiger partial charge >= 0.3 is 12.1 Å². The molecule has 7 nitrogen and oxygen atoms in total. The number of fused-ring (bicyclic) bond motifs is 3. The van der Waals surface area contributed by atoms with Crippen LogP contribution in [0.4, 0.5) is 4.79 Å². The minimum atomic E-state index is -0.869. The van der Waals surface area contributed by atoms with Gasteiger partial charge in [-0.05, 0) is 54.9 Å². The molecule has 34 heavy (non-hydrogen) atoms. The Balaban J connectivity index is 1.28. The van der Waals surface area contributed by atoms with Crippen molar-refractivity contribution < 1.29 is 24.2 Å². The number of carbonyl (C=O) groups excluding carboxylic acids is 2. The van der Waals surface area contributed by atoms with E-state index < -0.39 is 12.1 Å². The number of benzene rings is 2. The molecule has 0 spiro atoms. The van der Waals surface area contributed by atoms with E-state index in [4.69, 9.17) is 9.84 Å². The predicted octanol–water partition coefficient (Wildman–Crippen LogP) is 4.45. The highest BCUT2D eigenvalue weighted by atomic mass is 16.5. The van der Waals surface area contributed by atoms with Crippen molar-refractivity contribution >= 4 is 18.0 Å². The summed E-state index contributed by atoms with van der Waals surface area (Å²) < 4.78 is 5.65. The molecule has 180 valence electrons. The van der Waals surface area contributed by atoms with Crippen molar-refractivity contribution in [2.24, 2.45) is 5.92 Å². The number of alkyl carbamates (subject to hydrolysis) is 1. The van der Waals surface area contributed by atoms with E-state index in [1.807, 2.05) is 31.2 Å². The molecule has 0 heterocycles. The largest absolute Gasteiger partial charge is 0.481 e. The van der Waals surface area contributed by atoms with Crippen LogP contribution in [0.5, 0.6) is 0 Å². The Labute approximate surface area is 199 Å². The summed E-state index contributed by atoms with van der Waals surface area (Å²) in [4.78, 5) is 36.0. The highest BCUT2D eigenvalue weighted by Crippen LogP contribution is 2.44. The molecule has 2 aromatic carbocycles. The number of ether oxygens (including phenoxy) is 1. The average Bonchev–Trinajstić information content (AvgIpc) is 3.15. The van der Waals surface area contributed by atoms with Crippen molar-refractivity contribution in [3.8, 4) is 11.1 Å². The first-order chi connectivity index (χ1) is 16.4. The first-order valence-corrected chi connectivity index (χ1v) is 12.1. The number of amides is 2. The number of carboxylic acids is 1. The lowest BCUT2D eigenvalue weighted by molar-refractivity contribution is -0.137. The van der Waals surface area contributed by atoms with Crippen LogP contribution in [0, 0.1) is 5.92 Å². The lowest BCUT2D eigenvalue weighted by Crippen LogP contribution is -2.44. The standard InChI is InChI=1S/C27H32N2O5/c1-17(13-14-25(30)31)28-26(32)18-7-6-8-19(15-18)29-27(33)34-16-24-22-11-4-2-9-20(22)21-10-3-5-12-23(21)24/h2-5,9-12,17-19,24H,6-8,13-16H2,1H3,(H,28,32)(H,29,33)(H,30,31)/t17?,18-,19+/m0/s1. The SMILES string of the molecule is CC(CCC(=O)O)NC(=O)[C@H]1CCC[C@@H](NC(=O)OCC2c3ccccc3-c3ccccc32)C1. The summed E-state index contributed by atoms with van der Waals surface area (Å²) in [6.45, 7) is 2.08. The molecule has 0 bridgehead atoms. The fraction of sp³-hybridized carbons (Fsp3) is 0.444. The number of nitrogens with one attached hydrogen (secondary N) is 2. The Morgan fingerprint density at radius 2 is 1.68 bits per heavy atom. The maximum atomic E-state index is 12.6. The first kappa shape index (κ1) is 23.8. The molecule has 0 saturated heterocycles. The maximum Gasteiger partial charge on any atom is 0.407 e. The molecule has 2 aromatic rings. The second-order valence-electron chi connectivity index (χ2n) is 9.37. The van der Waals surface area contributed by atoms with Crippen LogP contribution in [-0.4, -0.2) is 41.8 Å². The predicted molar refractivity (Wildman–Crippen MR) is 128 cm³/mol. The Hall–Kier alpha value is -3.35. The molecule has 0 aliphatic heterocycles. The van der Waals surface area contributed by atoms with Crippen LogP contribution in [0.3, 0.4) is 0 Å². The topological polar surface area (TPSA) is 105 Å². The van der Waals surface area contributed by atoms with Gasteiger partial charge in [-0.2, -0.15) is 0 Å². The molecule has 3 N–H and O–H groups in total. The zero-order chi connectivity index (χ0) is 24.1.